The summed E-state index contributed by atoms with van der Waals surface area (Å²) in [5.74, 6) is -0.140. The number of nitrogens with one attached hydrogen (secondary N) is 1. The third kappa shape index (κ3) is 3.43. The van der Waals surface area contributed by atoms with Crippen molar-refractivity contribution in [2.45, 2.75) is 43.7 Å². The lowest BCUT2D eigenvalue weighted by atomic mass is 9.68. The fourth-order valence-electron chi connectivity index (χ4n) is 3.84. The summed E-state index contributed by atoms with van der Waals surface area (Å²) in [6.07, 6.45) is -1.32. The van der Waals surface area contributed by atoms with Crippen LogP contribution in [0.15, 0.2) is 18.2 Å². The zero-order valence-corrected chi connectivity index (χ0v) is 13.7. The van der Waals surface area contributed by atoms with E-state index >= 15 is 0 Å². The number of carbonyl (C=O) groups is 1. The predicted octanol–water partition coefficient (Wildman–Crippen LogP) is 3.84. The van der Waals surface area contributed by atoms with Gasteiger partial charge in [0.15, 0.2) is 0 Å². The number of methoxy groups -OCH3 is 1. The van der Waals surface area contributed by atoms with Crippen LogP contribution in [0.3, 0.4) is 0 Å². The quantitative estimate of drug-likeness (QED) is 0.849. The predicted molar refractivity (Wildman–Crippen MR) is 83.8 cm³/mol. The van der Waals surface area contributed by atoms with Crippen LogP contribution >= 0.6 is 0 Å². The Labute approximate surface area is 139 Å². The van der Waals surface area contributed by atoms with Gasteiger partial charge in [-0.1, -0.05) is 6.07 Å². The second-order valence-electron chi connectivity index (χ2n) is 6.75. The van der Waals surface area contributed by atoms with Gasteiger partial charge in [0.05, 0.1) is 18.6 Å². The topological polar surface area (TPSA) is 38.3 Å². The van der Waals surface area contributed by atoms with Gasteiger partial charge in [0, 0.05) is 0 Å². The molecule has 1 aliphatic heterocycles. The molecular weight excluding hydrogens is 319 g/mol. The molecule has 0 aromatic heterocycles. The Balaban J connectivity index is 1.87. The van der Waals surface area contributed by atoms with Crippen LogP contribution in [0.5, 0.6) is 0 Å². The number of carbonyl (C=O) groups excluding carboxylic acids is 1. The maximum Gasteiger partial charge on any atom is 0.416 e. The van der Waals surface area contributed by atoms with E-state index in [0.717, 1.165) is 37.1 Å². The minimum atomic E-state index is -4.34. The highest BCUT2D eigenvalue weighted by atomic mass is 19.4. The van der Waals surface area contributed by atoms with Crippen LogP contribution in [0, 0.1) is 5.92 Å². The molecule has 1 aromatic carbocycles. The molecule has 1 aromatic rings. The minimum absolute atomic E-state index is 0.0151. The molecule has 1 heterocycles. The van der Waals surface area contributed by atoms with Crippen molar-refractivity contribution in [3.8, 4) is 0 Å². The highest BCUT2D eigenvalue weighted by Crippen LogP contribution is 2.47. The Morgan fingerprint density at radius 3 is 2.38 bits per heavy atom. The monoisotopic (exact) mass is 341 g/mol. The number of esters is 1. The van der Waals surface area contributed by atoms with Crippen LogP contribution in [0.25, 0.3) is 0 Å². The molecule has 0 bridgehead atoms. The van der Waals surface area contributed by atoms with Gasteiger partial charge in [0.2, 0.25) is 0 Å². The van der Waals surface area contributed by atoms with Crippen molar-refractivity contribution < 1.29 is 22.7 Å². The molecule has 1 N–H and O–H groups in total. The van der Waals surface area contributed by atoms with Crippen LogP contribution in [0.4, 0.5) is 13.2 Å². The fraction of sp³-hybridized carbons (Fsp3) is 0.611. The summed E-state index contributed by atoms with van der Waals surface area (Å²) in [5, 5.41) is 3.29. The molecule has 2 aliphatic rings. The minimum Gasteiger partial charge on any atom is -0.469 e. The lowest BCUT2D eigenvalue weighted by Gasteiger charge is -2.37. The maximum atomic E-state index is 13.1. The van der Waals surface area contributed by atoms with Crippen molar-refractivity contribution in [2.75, 3.05) is 20.2 Å². The summed E-state index contributed by atoms with van der Waals surface area (Å²) in [6, 6.07) is 4.15. The molecule has 2 fully saturated rings. The standard InChI is InChI=1S/C18H22F3NO2/c1-24-17(23)13-8-12(9-13)16-10-14(18(19,20)21)2-3-15(16)11-4-6-22-7-5-11/h2-3,10-13,22H,4-9H2,1H3. The third-order valence-corrected chi connectivity index (χ3v) is 5.31. The summed E-state index contributed by atoms with van der Waals surface area (Å²) in [6.45, 7) is 1.78. The first kappa shape index (κ1) is 17.3. The van der Waals surface area contributed by atoms with E-state index in [4.69, 9.17) is 4.74 Å². The average Bonchev–Trinajstić information content (AvgIpc) is 2.53. The van der Waals surface area contributed by atoms with Crippen molar-refractivity contribution in [1.29, 1.82) is 0 Å². The van der Waals surface area contributed by atoms with Crippen LogP contribution in [-0.4, -0.2) is 26.2 Å². The van der Waals surface area contributed by atoms with Crippen molar-refractivity contribution in [3.05, 3.63) is 34.9 Å². The fourth-order valence-corrected chi connectivity index (χ4v) is 3.84. The molecule has 0 unspecified atom stereocenters. The smallest absolute Gasteiger partial charge is 0.416 e. The Bertz CT molecular complexity index is 603. The van der Waals surface area contributed by atoms with Crippen LogP contribution in [-0.2, 0) is 15.7 Å². The second-order valence-corrected chi connectivity index (χ2v) is 6.75. The van der Waals surface area contributed by atoms with Gasteiger partial charge in [-0.25, -0.2) is 0 Å². The largest absolute Gasteiger partial charge is 0.469 e. The van der Waals surface area contributed by atoms with E-state index in [2.05, 4.69) is 5.32 Å². The molecule has 1 aliphatic carbocycles. The van der Waals surface area contributed by atoms with E-state index < -0.39 is 11.7 Å². The van der Waals surface area contributed by atoms with Gasteiger partial charge in [-0.3, -0.25) is 4.79 Å². The molecule has 3 rings (SSSR count). The van der Waals surface area contributed by atoms with Crippen molar-refractivity contribution >= 4 is 5.97 Å². The molecule has 6 heteroatoms. The summed E-state index contributed by atoms with van der Waals surface area (Å²) in [5.41, 5.74) is 1.20. The number of benzene rings is 1. The molecule has 0 amide bonds. The first-order valence-corrected chi connectivity index (χ1v) is 8.39. The van der Waals surface area contributed by atoms with Gasteiger partial charge in [0.1, 0.15) is 0 Å². The molecule has 24 heavy (non-hydrogen) atoms. The van der Waals surface area contributed by atoms with E-state index in [9.17, 15) is 18.0 Å². The van der Waals surface area contributed by atoms with Crippen molar-refractivity contribution in [2.24, 2.45) is 5.92 Å². The van der Waals surface area contributed by atoms with E-state index in [1.54, 1.807) is 6.07 Å². The lowest BCUT2D eigenvalue weighted by Crippen LogP contribution is -2.32. The Kier molecular flexibility index (Phi) is 4.85. The summed E-state index contributed by atoms with van der Waals surface area (Å²) >= 11 is 0. The number of rotatable bonds is 3. The Morgan fingerprint density at radius 1 is 1.12 bits per heavy atom. The number of hydrogen-bond acceptors (Lipinski definition) is 3. The van der Waals surface area contributed by atoms with Gasteiger partial charge >= 0.3 is 12.1 Å². The first-order valence-electron chi connectivity index (χ1n) is 8.39. The van der Waals surface area contributed by atoms with Gasteiger partial charge in [0.25, 0.3) is 0 Å². The van der Waals surface area contributed by atoms with Gasteiger partial charge in [-0.2, -0.15) is 13.2 Å². The second kappa shape index (κ2) is 6.75. The van der Waals surface area contributed by atoms with E-state index in [1.165, 1.54) is 19.2 Å². The number of halogens is 3. The normalized spacial score (nSPS) is 25.2. The number of ether oxygens (including phenoxy) is 1. The zero-order valence-electron chi connectivity index (χ0n) is 13.7. The van der Waals surface area contributed by atoms with Gasteiger partial charge < -0.3 is 10.1 Å². The number of alkyl halides is 3. The Morgan fingerprint density at radius 2 is 1.79 bits per heavy atom. The molecular formula is C18H22F3NO2. The zero-order chi connectivity index (χ0) is 17.3. The van der Waals surface area contributed by atoms with Crippen LogP contribution < -0.4 is 5.32 Å². The number of piperidine rings is 1. The SMILES string of the molecule is COC(=O)C1CC(c2cc(C(F)(F)F)ccc2C2CCNCC2)C1. The first-order chi connectivity index (χ1) is 11.4. The van der Waals surface area contributed by atoms with E-state index in [0.29, 0.717) is 18.8 Å². The molecule has 1 saturated heterocycles. The lowest BCUT2D eigenvalue weighted by molar-refractivity contribution is -0.149. The number of hydrogen-bond donors (Lipinski definition) is 1. The van der Waals surface area contributed by atoms with E-state index in [1.807, 2.05) is 0 Å². The summed E-state index contributed by atoms with van der Waals surface area (Å²) < 4.78 is 44.0. The molecule has 3 nitrogen and oxygen atoms in total. The molecule has 1 saturated carbocycles. The summed E-state index contributed by atoms with van der Waals surface area (Å²) in [4.78, 5) is 11.6. The maximum absolute atomic E-state index is 13.1. The third-order valence-electron chi connectivity index (χ3n) is 5.31. The molecule has 0 radical (unpaired) electrons. The highest BCUT2D eigenvalue weighted by Gasteiger charge is 2.39. The summed E-state index contributed by atoms with van der Waals surface area (Å²) in [7, 11) is 1.35. The van der Waals surface area contributed by atoms with Crippen LogP contribution in [0.1, 0.15) is 54.2 Å². The molecule has 132 valence electrons. The molecule has 0 spiro atoms. The van der Waals surface area contributed by atoms with Gasteiger partial charge in [-0.05, 0) is 73.9 Å². The Hall–Kier alpha value is -1.56. The van der Waals surface area contributed by atoms with E-state index in [-0.39, 0.29) is 17.8 Å². The van der Waals surface area contributed by atoms with Gasteiger partial charge in [-0.15, -0.1) is 0 Å². The van der Waals surface area contributed by atoms with Crippen LogP contribution in [0.2, 0.25) is 0 Å². The average molecular weight is 341 g/mol. The molecule has 0 atom stereocenters. The van der Waals surface area contributed by atoms with Crippen molar-refractivity contribution in [3.63, 3.8) is 0 Å². The highest BCUT2D eigenvalue weighted by molar-refractivity contribution is 5.73. The van der Waals surface area contributed by atoms with Crippen molar-refractivity contribution in [1.82, 2.24) is 5.32 Å².